The van der Waals surface area contributed by atoms with Crippen LogP contribution in [0.2, 0.25) is 5.15 Å². The predicted molar refractivity (Wildman–Crippen MR) is 56.4 cm³/mol. The molecule has 0 aromatic carbocycles. The Hall–Kier alpha value is -1.20. The van der Waals surface area contributed by atoms with E-state index in [-0.39, 0.29) is 17.5 Å². The Morgan fingerprint density at radius 3 is 2.94 bits per heavy atom. The molecule has 0 amide bonds. The number of aromatic nitrogens is 2. The minimum Gasteiger partial charge on any atom is -0.477 e. The largest absolute Gasteiger partial charge is 0.477 e. The van der Waals surface area contributed by atoms with Crippen molar-refractivity contribution in [3.63, 3.8) is 0 Å². The number of hydrogen-bond donors (Lipinski definition) is 1. The number of carbonyl (C=O) groups is 1. The molecule has 1 aromatic rings. The molecule has 1 aliphatic rings. The molecule has 0 bridgehead atoms. The van der Waals surface area contributed by atoms with Crippen molar-refractivity contribution >= 4 is 17.6 Å². The van der Waals surface area contributed by atoms with E-state index >= 15 is 0 Å². The number of hydrogen-bond acceptors (Lipinski definition) is 4. The molecule has 5 nitrogen and oxygen atoms in total. The summed E-state index contributed by atoms with van der Waals surface area (Å²) in [5.74, 6) is -0.156. The van der Waals surface area contributed by atoms with Gasteiger partial charge in [-0.2, -0.15) is 0 Å². The maximum absolute atomic E-state index is 10.7. The van der Waals surface area contributed by atoms with Gasteiger partial charge in [0.25, 0.3) is 0 Å². The average Bonchev–Trinajstić information content (AvgIpc) is 3.01. The fourth-order valence-corrected chi connectivity index (χ4v) is 1.44. The molecule has 2 rings (SSSR count). The van der Waals surface area contributed by atoms with E-state index in [1.54, 1.807) is 0 Å². The Morgan fingerprint density at radius 1 is 1.56 bits per heavy atom. The average molecular weight is 243 g/mol. The molecule has 1 N–H and O–H groups in total. The van der Waals surface area contributed by atoms with Gasteiger partial charge in [0.1, 0.15) is 11.8 Å². The first kappa shape index (κ1) is 11.3. The van der Waals surface area contributed by atoms with Crippen LogP contribution in [0, 0.1) is 5.92 Å². The number of carboxylic acid groups (broad SMARTS) is 1. The summed E-state index contributed by atoms with van der Waals surface area (Å²) in [7, 11) is 0. The van der Waals surface area contributed by atoms with Gasteiger partial charge in [-0.3, -0.25) is 0 Å². The van der Waals surface area contributed by atoms with Gasteiger partial charge in [-0.1, -0.05) is 11.6 Å². The summed E-state index contributed by atoms with van der Waals surface area (Å²) in [6.07, 6.45) is 2.41. The highest BCUT2D eigenvalue weighted by Gasteiger charge is 2.21. The first-order valence-corrected chi connectivity index (χ1v) is 5.37. The van der Waals surface area contributed by atoms with E-state index in [4.69, 9.17) is 21.4 Å². The third kappa shape index (κ3) is 3.15. The fraction of sp³-hybridized carbons (Fsp3) is 0.500. The Labute approximate surface area is 97.4 Å². The van der Waals surface area contributed by atoms with Crippen molar-refractivity contribution in [3.05, 3.63) is 22.7 Å². The van der Waals surface area contributed by atoms with Crippen molar-refractivity contribution in [1.82, 2.24) is 9.97 Å². The van der Waals surface area contributed by atoms with Crippen LogP contribution in [-0.2, 0) is 11.3 Å². The molecule has 0 radical (unpaired) electrons. The van der Waals surface area contributed by atoms with Crippen LogP contribution in [0.1, 0.15) is 29.2 Å². The second-order valence-corrected chi connectivity index (χ2v) is 4.14. The van der Waals surface area contributed by atoms with Crippen LogP contribution in [0.15, 0.2) is 6.07 Å². The lowest BCUT2D eigenvalue weighted by molar-refractivity contribution is 0.0687. The smallest absolute Gasteiger partial charge is 0.354 e. The van der Waals surface area contributed by atoms with Crippen LogP contribution in [0.5, 0.6) is 0 Å². The highest BCUT2D eigenvalue weighted by molar-refractivity contribution is 6.29. The first-order valence-electron chi connectivity index (χ1n) is 4.99. The van der Waals surface area contributed by atoms with Gasteiger partial charge in [0, 0.05) is 12.7 Å². The molecule has 0 unspecified atom stereocenters. The molecular formula is C10H11ClN2O3. The molecule has 0 aliphatic heterocycles. The van der Waals surface area contributed by atoms with Crippen LogP contribution in [0.25, 0.3) is 0 Å². The normalized spacial score (nSPS) is 15.1. The Bertz CT molecular complexity index is 407. The summed E-state index contributed by atoms with van der Waals surface area (Å²) in [5, 5.41) is 8.89. The molecule has 0 spiro atoms. The van der Waals surface area contributed by atoms with Gasteiger partial charge < -0.3 is 9.84 Å². The van der Waals surface area contributed by atoms with Crippen LogP contribution in [0.4, 0.5) is 0 Å². The van der Waals surface area contributed by atoms with Crippen molar-refractivity contribution in [1.29, 1.82) is 0 Å². The number of aromatic carboxylic acids is 1. The van der Waals surface area contributed by atoms with Crippen molar-refractivity contribution < 1.29 is 14.6 Å². The summed E-state index contributed by atoms with van der Waals surface area (Å²) in [5.41, 5.74) is -0.106. The maximum Gasteiger partial charge on any atom is 0.354 e. The topological polar surface area (TPSA) is 72.3 Å². The third-order valence-corrected chi connectivity index (χ3v) is 2.44. The van der Waals surface area contributed by atoms with Gasteiger partial charge >= 0.3 is 5.97 Å². The monoisotopic (exact) mass is 242 g/mol. The number of nitrogens with zero attached hydrogens (tertiary/aromatic N) is 2. The summed E-state index contributed by atoms with van der Waals surface area (Å²) < 4.78 is 5.36. The summed E-state index contributed by atoms with van der Waals surface area (Å²) in [4.78, 5) is 18.4. The van der Waals surface area contributed by atoms with Crippen LogP contribution < -0.4 is 0 Å². The van der Waals surface area contributed by atoms with Crippen molar-refractivity contribution in [3.8, 4) is 0 Å². The van der Waals surface area contributed by atoms with E-state index in [0.717, 1.165) is 0 Å². The highest BCUT2D eigenvalue weighted by atomic mass is 35.5. The van der Waals surface area contributed by atoms with Crippen molar-refractivity contribution in [2.24, 2.45) is 5.92 Å². The Balaban J connectivity index is 1.98. The lowest BCUT2D eigenvalue weighted by Gasteiger charge is -2.03. The zero-order chi connectivity index (χ0) is 11.5. The van der Waals surface area contributed by atoms with Gasteiger partial charge in [-0.25, -0.2) is 14.8 Å². The van der Waals surface area contributed by atoms with Crippen molar-refractivity contribution in [2.45, 2.75) is 19.4 Å². The van der Waals surface area contributed by atoms with E-state index in [9.17, 15) is 4.79 Å². The van der Waals surface area contributed by atoms with E-state index < -0.39 is 5.97 Å². The molecule has 1 saturated carbocycles. The molecule has 0 saturated heterocycles. The second kappa shape index (κ2) is 4.76. The molecule has 16 heavy (non-hydrogen) atoms. The standard InChI is InChI=1S/C10H11ClN2O3/c11-8-3-7(10(14)15)12-9(13-8)5-16-4-6-1-2-6/h3,6H,1-2,4-5H2,(H,14,15). The number of rotatable bonds is 5. The number of ether oxygens (including phenoxy) is 1. The number of carboxylic acids is 1. The van der Waals surface area contributed by atoms with E-state index in [1.807, 2.05) is 0 Å². The number of halogens is 1. The SMILES string of the molecule is O=C(O)c1cc(Cl)nc(COCC2CC2)n1. The Morgan fingerprint density at radius 2 is 2.31 bits per heavy atom. The van der Waals surface area contributed by atoms with Crippen LogP contribution >= 0.6 is 11.6 Å². The van der Waals surface area contributed by atoms with Crippen molar-refractivity contribution in [2.75, 3.05) is 6.61 Å². The molecule has 1 aliphatic carbocycles. The van der Waals surface area contributed by atoms with Gasteiger partial charge in [-0.05, 0) is 18.8 Å². The third-order valence-electron chi connectivity index (χ3n) is 2.24. The minimum atomic E-state index is -1.12. The minimum absolute atomic E-state index is 0.106. The van der Waals surface area contributed by atoms with Gasteiger partial charge in [0.2, 0.25) is 0 Å². The second-order valence-electron chi connectivity index (χ2n) is 3.76. The van der Waals surface area contributed by atoms with E-state index in [1.165, 1.54) is 18.9 Å². The molecule has 86 valence electrons. The quantitative estimate of drug-likeness (QED) is 0.797. The molecule has 1 heterocycles. The van der Waals surface area contributed by atoms with Crippen LogP contribution in [0.3, 0.4) is 0 Å². The van der Waals surface area contributed by atoms with E-state index in [2.05, 4.69) is 9.97 Å². The summed E-state index contributed by atoms with van der Waals surface area (Å²) in [6, 6.07) is 1.22. The molecular weight excluding hydrogens is 232 g/mol. The fourth-order valence-electron chi connectivity index (χ4n) is 1.24. The van der Waals surface area contributed by atoms with Crippen LogP contribution in [-0.4, -0.2) is 27.7 Å². The first-order chi connectivity index (χ1) is 7.65. The van der Waals surface area contributed by atoms with Gasteiger partial charge in [0.05, 0.1) is 0 Å². The molecule has 1 aromatic heterocycles. The molecule has 6 heteroatoms. The van der Waals surface area contributed by atoms with Gasteiger partial charge in [0.15, 0.2) is 11.5 Å². The maximum atomic E-state index is 10.7. The van der Waals surface area contributed by atoms with E-state index in [0.29, 0.717) is 18.3 Å². The predicted octanol–water partition coefficient (Wildman–Crippen LogP) is 1.75. The lowest BCUT2D eigenvalue weighted by atomic mass is 10.4. The summed E-state index contributed by atoms with van der Waals surface area (Å²) in [6.45, 7) is 0.885. The molecule has 1 fully saturated rings. The Kier molecular flexibility index (Phi) is 3.36. The zero-order valence-corrected chi connectivity index (χ0v) is 9.28. The highest BCUT2D eigenvalue weighted by Crippen LogP contribution is 2.28. The molecule has 0 atom stereocenters. The summed E-state index contributed by atoms with van der Waals surface area (Å²) >= 11 is 5.68. The zero-order valence-electron chi connectivity index (χ0n) is 8.52. The lowest BCUT2D eigenvalue weighted by Crippen LogP contribution is -2.07. The van der Waals surface area contributed by atoms with Gasteiger partial charge in [-0.15, -0.1) is 0 Å².